The molecular formula is C18H21NO3S. The zero-order valence-electron chi connectivity index (χ0n) is 13.3. The van der Waals surface area contributed by atoms with Gasteiger partial charge in [-0.25, -0.2) is 8.42 Å². The largest absolute Gasteiger partial charge is 0.497 e. The number of hydrogen-bond donors (Lipinski definition) is 1. The van der Waals surface area contributed by atoms with Gasteiger partial charge in [0.2, 0.25) is 0 Å². The molecule has 0 unspecified atom stereocenters. The lowest BCUT2D eigenvalue weighted by molar-refractivity contribution is 0.414. The standard InChI is InChI=1S/C18H21NO3S/c1-12-3-9-15(10-4-12)23(20,21)18-16(11-19)17(18)13-5-7-14(22-2)8-6-13/h3-10,16-18H,11,19H2,1-2H3/t16-,17-,18-/m1/s1. The first-order valence-electron chi connectivity index (χ1n) is 7.63. The fourth-order valence-corrected chi connectivity index (χ4v) is 5.42. The maximum Gasteiger partial charge on any atom is 0.182 e. The van der Waals surface area contributed by atoms with Gasteiger partial charge < -0.3 is 10.5 Å². The Balaban J connectivity index is 1.90. The molecule has 0 amide bonds. The molecule has 2 aromatic rings. The summed E-state index contributed by atoms with van der Waals surface area (Å²) in [7, 11) is -1.76. The van der Waals surface area contributed by atoms with Crippen molar-refractivity contribution in [3.63, 3.8) is 0 Å². The molecule has 0 heterocycles. The van der Waals surface area contributed by atoms with Crippen LogP contribution in [0, 0.1) is 12.8 Å². The highest BCUT2D eigenvalue weighted by atomic mass is 32.2. The Morgan fingerprint density at radius 3 is 2.17 bits per heavy atom. The lowest BCUT2D eigenvalue weighted by atomic mass is 10.1. The van der Waals surface area contributed by atoms with Crippen LogP contribution in [-0.2, 0) is 9.84 Å². The van der Waals surface area contributed by atoms with Gasteiger partial charge in [-0.05, 0) is 49.2 Å². The summed E-state index contributed by atoms with van der Waals surface area (Å²) in [5, 5.41) is -0.441. The van der Waals surface area contributed by atoms with Crippen molar-refractivity contribution in [3.05, 3.63) is 59.7 Å². The van der Waals surface area contributed by atoms with Crippen LogP contribution >= 0.6 is 0 Å². The van der Waals surface area contributed by atoms with Gasteiger partial charge in [0.05, 0.1) is 17.3 Å². The van der Waals surface area contributed by atoms with Gasteiger partial charge in [-0.15, -0.1) is 0 Å². The average molecular weight is 331 g/mol. The summed E-state index contributed by atoms with van der Waals surface area (Å²) in [4.78, 5) is 0.377. The molecule has 2 N–H and O–H groups in total. The SMILES string of the molecule is COc1ccc([C@@H]2[C@@H](CN)[C@H]2S(=O)(=O)c2ccc(C)cc2)cc1. The van der Waals surface area contributed by atoms with E-state index in [0.29, 0.717) is 11.4 Å². The second kappa shape index (κ2) is 5.98. The Morgan fingerprint density at radius 1 is 1.04 bits per heavy atom. The van der Waals surface area contributed by atoms with Crippen molar-refractivity contribution in [3.8, 4) is 5.75 Å². The van der Waals surface area contributed by atoms with Gasteiger partial charge in [0, 0.05) is 5.92 Å². The molecule has 0 spiro atoms. The van der Waals surface area contributed by atoms with E-state index >= 15 is 0 Å². The van der Waals surface area contributed by atoms with Crippen LogP contribution in [-0.4, -0.2) is 27.3 Å². The number of benzene rings is 2. The molecular weight excluding hydrogens is 310 g/mol. The molecule has 4 nitrogen and oxygen atoms in total. The molecule has 1 fully saturated rings. The van der Waals surface area contributed by atoms with Crippen LogP contribution < -0.4 is 10.5 Å². The minimum atomic E-state index is -3.37. The number of hydrogen-bond acceptors (Lipinski definition) is 4. The van der Waals surface area contributed by atoms with Crippen LogP contribution in [0.15, 0.2) is 53.4 Å². The molecule has 3 rings (SSSR count). The number of nitrogens with two attached hydrogens (primary N) is 1. The number of sulfone groups is 1. The second-order valence-corrected chi connectivity index (χ2v) is 8.13. The van der Waals surface area contributed by atoms with E-state index in [2.05, 4.69) is 0 Å². The molecule has 1 aliphatic rings. The summed E-state index contributed by atoms with van der Waals surface area (Å²) >= 11 is 0. The van der Waals surface area contributed by atoms with Crippen molar-refractivity contribution in [1.82, 2.24) is 0 Å². The minimum absolute atomic E-state index is 0.0327. The maximum atomic E-state index is 12.9. The van der Waals surface area contributed by atoms with Gasteiger partial charge in [-0.3, -0.25) is 0 Å². The van der Waals surface area contributed by atoms with E-state index in [-0.39, 0.29) is 11.8 Å². The summed E-state index contributed by atoms with van der Waals surface area (Å²) < 4.78 is 31.0. The highest BCUT2D eigenvalue weighted by Gasteiger charge is 2.57. The summed E-state index contributed by atoms with van der Waals surface area (Å²) in [6, 6.07) is 14.6. The molecule has 0 aliphatic heterocycles. The molecule has 1 aliphatic carbocycles. The Hall–Kier alpha value is -1.85. The fourth-order valence-electron chi connectivity index (χ4n) is 3.19. The molecule has 0 bridgehead atoms. The number of aryl methyl sites for hydroxylation is 1. The fraction of sp³-hybridized carbons (Fsp3) is 0.333. The highest BCUT2D eigenvalue weighted by molar-refractivity contribution is 7.92. The Bertz CT molecular complexity index is 782. The van der Waals surface area contributed by atoms with Gasteiger partial charge in [-0.2, -0.15) is 0 Å². The normalized spacial score (nSPS) is 23.5. The summed E-state index contributed by atoms with van der Waals surface area (Å²) in [5.41, 5.74) is 7.86. The quantitative estimate of drug-likeness (QED) is 0.914. The summed E-state index contributed by atoms with van der Waals surface area (Å²) in [6.07, 6.45) is 0. The molecule has 122 valence electrons. The topological polar surface area (TPSA) is 69.4 Å². The van der Waals surface area contributed by atoms with Crippen LogP contribution in [0.1, 0.15) is 17.0 Å². The third kappa shape index (κ3) is 2.86. The monoisotopic (exact) mass is 331 g/mol. The molecule has 1 saturated carbocycles. The number of rotatable bonds is 5. The Morgan fingerprint density at radius 2 is 1.65 bits per heavy atom. The lowest BCUT2D eigenvalue weighted by Crippen LogP contribution is -2.13. The molecule has 23 heavy (non-hydrogen) atoms. The number of methoxy groups -OCH3 is 1. The van der Waals surface area contributed by atoms with Crippen molar-refractivity contribution in [2.45, 2.75) is 23.0 Å². The van der Waals surface area contributed by atoms with E-state index in [1.165, 1.54) is 0 Å². The third-order valence-corrected chi connectivity index (χ3v) is 6.87. The predicted molar refractivity (Wildman–Crippen MR) is 90.4 cm³/mol. The third-order valence-electron chi connectivity index (χ3n) is 4.58. The molecule has 0 aromatic heterocycles. The Kier molecular flexibility index (Phi) is 4.17. The average Bonchev–Trinajstić information content (AvgIpc) is 3.31. The van der Waals surface area contributed by atoms with Gasteiger partial charge in [0.25, 0.3) is 0 Å². The second-order valence-electron chi connectivity index (χ2n) is 6.02. The first kappa shape index (κ1) is 16.0. The van der Waals surface area contributed by atoms with Crippen molar-refractivity contribution in [2.24, 2.45) is 11.7 Å². The van der Waals surface area contributed by atoms with Crippen LogP contribution in [0.4, 0.5) is 0 Å². The zero-order valence-corrected chi connectivity index (χ0v) is 14.1. The van der Waals surface area contributed by atoms with Crippen LogP contribution in [0.2, 0.25) is 0 Å². The minimum Gasteiger partial charge on any atom is -0.497 e. The van der Waals surface area contributed by atoms with E-state index in [4.69, 9.17) is 10.5 Å². The Labute approximate surface area is 137 Å². The molecule has 3 atom stereocenters. The van der Waals surface area contributed by atoms with Gasteiger partial charge in [0.1, 0.15) is 5.75 Å². The summed E-state index contributed by atoms with van der Waals surface area (Å²) in [5.74, 6) is 0.684. The first-order chi connectivity index (χ1) is 11.0. The molecule has 5 heteroatoms. The van der Waals surface area contributed by atoms with E-state index in [0.717, 1.165) is 16.9 Å². The first-order valence-corrected chi connectivity index (χ1v) is 9.18. The molecule has 0 radical (unpaired) electrons. The van der Waals surface area contributed by atoms with Crippen LogP contribution in [0.3, 0.4) is 0 Å². The van der Waals surface area contributed by atoms with E-state index in [1.807, 2.05) is 43.3 Å². The van der Waals surface area contributed by atoms with Gasteiger partial charge >= 0.3 is 0 Å². The van der Waals surface area contributed by atoms with Crippen LogP contribution in [0.5, 0.6) is 5.75 Å². The van der Waals surface area contributed by atoms with Crippen molar-refractivity contribution >= 4 is 9.84 Å². The van der Waals surface area contributed by atoms with Crippen molar-refractivity contribution in [2.75, 3.05) is 13.7 Å². The van der Waals surface area contributed by atoms with E-state index in [9.17, 15) is 8.42 Å². The predicted octanol–water partition coefficient (Wildman–Crippen LogP) is 2.52. The van der Waals surface area contributed by atoms with Gasteiger partial charge in [-0.1, -0.05) is 29.8 Å². The lowest BCUT2D eigenvalue weighted by Gasteiger charge is -2.05. The maximum absolute atomic E-state index is 12.9. The van der Waals surface area contributed by atoms with E-state index in [1.54, 1.807) is 19.2 Å². The van der Waals surface area contributed by atoms with E-state index < -0.39 is 15.1 Å². The molecule has 0 saturated heterocycles. The summed E-state index contributed by atoms with van der Waals surface area (Å²) in [6.45, 7) is 2.31. The number of ether oxygens (including phenoxy) is 1. The smallest absolute Gasteiger partial charge is 0.182 e. The van der Waals surface area contributed by atoms with Gasteiger partial charge in [0.15, 0.2) is 9.84 Å². The van der Waals surface area contributed by atoms with Crippen molar-refractivity contribution < 1.29 is 13.2 Å². The molecule has 2 aromatic carbocycles. The zero-order chi connectivity index (χ0) is 16.6. The van der Waals surface area contributed by atoms with Crippen molar-refractivity contribution in [1.29, 1.82) is 0 Å². The van der Waals surface area contributed by atoms with Crippen LogP contribution in [0.25, 0.3) is 0 Å². The highest BCUT2D eigenvalue weighted by Crippen LogP contribution is 2.53.